The van der Waals surface area contributed by atoms with E-state index in [1.165, 1.54) is 13.0 Å². The number of rotatable bonds is 4. The van der Waals surface area contributed by atoms with Crippen LogP contribution in [0.15, 0.2) is 24.3 Å². The van der Waals surface area contributed by atoms with E-state index in [2.05, 4.69) is 20.6 Å². The van der Waals surface area contributed by atoms with E-state index in [4.69, 9.17) is 9.47 Å². The van der Waals surface area contributed by atoms with Gasteiger partial charge in [0.05, 0.1) is 5.69 Å². The zero-order chi connectivity index (χ0) is 24.0. The number of nitrogens with one attached hydrogen (secondary N) is 1. The fourth-order valence-corrected chi connectivity index (χ4v) is 4.07. The van der Waals surface area contributed by atoms with Gasteiger partial charge in [-0.1, -0.05) is 0 Å². The monoisotopic (exact) mass is 476 g/mol. The quantitative estimate of drug-likeness (QED) is 0.573. The van der Waals surface area contributed by atoms with Crippen molar-refractivity contribution in [2.75, 3.05) is 30.1 Å². The Balaban J connectivity index is 1.28. The number of Topliss-reactive ketones (excluding diaryl/α,β-unsaturated/α-hetero) is 1. The summed E-state index contributed by atoms with van der Waals surface area (Å²) in [6, 6.07) is 6.12. The van der Waals surface area contributed by atoms with Crippen LogP contribution in [-0.2, 0) is 11.0 Å². The lowest BCUT2D eigenvalue weighted by Gasteiger charge is -2.32. The molecule has 0 unspecified atom stereocenters. The van der Waals surface area contributed by atoms with Gasteiger partial charge in [0.1, 0.15) is 5.82 Å². The van der Waals surface area contributed by atoms with E-state index >= 15 is 0 Å². The maximum atomic E-state index is 13.1. The number of anilines is 2. The molecule has 1 aromatic carbocycles. The zero-order valence-electron chi connectivity index (χ0n) is 17.9. The first kappa shape index (κ1) is 21.9. The number of ketones is 1. The Morgan fingerprint density at radius 3 is 2.47 bits per heavy atom. The van der Waals surface area contributed by atoms with Crippen LogP contribution in [0.25, 0.3) is 5.65 Å². The van der Waals surface area contributed by atoms with Crippen LogP contribution in [0, 0.1) is 5.92 Å². The van der Waals surface area contributed by atoms with E-state index in [1.54, 1.807) is 18.2 Å². The summed E-state index contributed by atoms with van der Waals surface area (Å²) in [5, 5.41) is 13.6. The number of halogens is 3. The second kappa shape index (κ2) is 8.15. The molecule has 0 atom stereocenters. The van der Waals surface area contributed by atoms with Crippen molar-refractivity contribution < 1.29 is 32.2 Å². The van der Waals surface area contributed by atoms with E-state index in [0.29, 0.717) is 59.0 Å². The van der Waals surface area contributed by atoms with Crippen molar-refractivity contribution in [2.45, 2.75) is 25.9 Å². The largest absolute Gasteiger partial charge is 0.454 e. The van der Waals surface area contributed by atoms with Gasteiger partial charge < -0.3 is 19.7 Å². The van der Waals surface area contributed by atoms with Gasteiger partial charge in [-0.15, -0.1) is 15.3 Å². The average molecular weight is 476 g/mol. The second-order valence-corrected chi connectivity index (χ2v) is 8.04. The van der Waals surface area contributed by atoms with Crippen LogP contribution in [0.3, 0.4) is 0 Å². The molecule has 2 aromatic heterocycles. The summed E-state index contributed by atoms with van der Waals surface area (Å²) in [7, 11) is 0. The zero-order valence-corrected chi connectivity index (χ0v) is 17.9. The molecule has 13 heteroatoms. The highest BCUT2D eigenvalue weighted by molar-refractivity contribution is 6.05. The average Bonchev–Trinajstić information content (AvgIpc) is 3.44. The fourth-order valence-electron chi connectivity index (χ4n) is 4.07. The number of nitrogens with zero attached hydrogens (tertiary/aromatic N) is 5. The maximum Gasteiger partial charge on any atom is 0.453 e. The Kier molecular flexibility index (Phi) is 5.25. The SMILES string of the molecule is CC(=O)c1cc2c(cc1NC(=O)C1CCN(c3ccc4nnc(C(F)(F)F)n4n3)CC1)OCO2. The van der Waals surface area contributed by atoms with Crippen molar-refractivity contribution >= 4 is 28.8 Å². The van der Waals surface area contributed by atoms with Crippen LogP contribution < -0.4 is 19.7 Å². The van der Waals surface area contributed by atoms with Crippen LogP contribution in [0.2, 0.25) is 0 Å². The Morgan fingerprint density at radius 2 is 1.79 bits per heavy atom. The number of alkyl halides is 3. The Labute approximate surface area is 190 Å². The van der Waals surface area contributed by atoms with Crippen molar-refractivity contribution in [2.24, 2.45) is 5.92 Å². The normalized spacial score (nSPS) is 16.2. The fraction of sp³-hybridized carbons (Fsp3) is 0.381. The minimum absolute atomic E-state index is 0.00431. The van der Waals surface area contributed by atoms with Gasteiger partial charge in [-0.2, -0.15) is 17.7 Å². The highest BCUT2D eigenvalue weighted by Crippen LogP contribution is 2.37. The van der Waals surface area contributed by atoms with Crippen LogP contribution in [0.1, 0.15) is 35.9 Å². The van der Waals surface area contributed by atoms with Crippen LogP contribution >= 0.6 is 0 Å². The van der Waals surface area contributed by atoms with Crippen LogP contribution in [-0.4, -0.2) is 51.4 Å². The van der Waals surface area contributed by atoms with Crippen LogP contribution in [0.4, 0.5) is 24.7 Å². The minimum atomic E-state index is -4.68. The molecule has 3 aromatic rings. The molecule has 0 bridgehead atoms. The summed E-state index contributed by atoms with van der Waals surface area (Å²) in [6.45, 7) is 2.28. The molecule has 1 amide bonds. The van der Waals surface area contributed by atoms with Gasteiger partial charge in [0.15, 0.2) is 22.9 Å². The van der Waals surface area contributed by atoms with E-state index in [9.17, 15) is 22.8 Å². The van der Waals surface area contributed by atoms with Gasteiger partial charge in [0.25, 0.3) is 5.82 Å². The third-order valence-electron chi connectivity index (χ3n) is 5.84. The Morgan fingerprint density at radius 1 is 1.09 bits per heavy atom. The third kappa shape index (κ3) is 3.97. The first-order chi connectivity index (χ1) is 16.2. The molecule has 0 saturated carbocycles. The number of fused-ring (bicyclic) bond motifs is 2. The maximum absolute atomic E-state index is 13.1. The molecule has 34 heavy (non-hydrogen) atoms. The number of benzene rings is 1. The van der Waals surface area contributed by atoms with Crippen molar-refractivity contribution in [3.05, 3.63) is 35.7 Å². The van der Waals surface area contributed by atoms with E-state index < -0.39 is 12.0 Å². The number of hydrogen-bond acceptors (Lipinski definition) is 8. The molecule has 10 nitrogen and oxygen atoms in total. The summed E-state index contributed by atoms with van der Waals surface area (Å²) in [5.41, 5.74) is 0.667. The van der Waals surface area contributed by atoms with E-state index in [1.807, 2.05) is 4.90 Å². The second-order valence-electron chi connectivity index (χ2n) is 8.04. The number of piperidine rings is 1. The minimum Gasteiger partial charge on any atom is -0.454 e. The number of carbonyl (C=O) groups is 2. The first-order valence-electron chi connectivity index (χ1n) is 10.5. The molecule has 0 aliphatic carbocycles. The highest BCUT2D eigenvalue weighted by Gasteiger charge is 2.38. The molecule has 4 heterocycles. The predicted octanol–water partition coefficient (Wildman–Crippen LogP) is 2.93. The lowest BCUT2D eigenvalue weighted by atomic mass is 9.95. The van der Waals surface area contributed by atoms with Gasteiger partial charge >= 0.3 is 6.18 Å². The first-order valence-corrected chi connectivity index (χ1v) is 10.5. The number of aromatic nitrogens is 4. The summed E-state index contributed by atoms with van der Waals surface area (Å²) in [4.78, 5) is 26.8. The lowest BCUT2D eigenvalue weighted by molar-refractivity contribution is -0.146. The van der Waals surface area contributed by atoms with Gasteiger partial charge in [0, 0.05) is 30.6 Å². The smallest absolute Gasteiger partial charge is 0.453 e. The molecule has 1 fully saturated rings. The Bertz CT molecular complexity index is 1280. The summed E-state index contributed by atoms with van der Waals surface area (Å²) < 4.78 is 50.7. The molecular formula is C21H19F3N6O4. The predicted molar refractivity (Wildman–Crippen MR) is 112 cm³/mol. The van der Waals surface area contributed by atoms with Gasteiger partial charge in [-0.25, -0.2) is 0 Å². The van der Waals surface area contributed by atoms with Crippen molar-refractivity contribution in [1.29, 1.82) is 0 Å². The summed E-state index contributed by atoms with van der Waals surface area (Å²) in [6.07, 6.45) is -3.76. The molecule has 2 aliphatic rings. The summed E-state index contributed by atoms with van der Waals surface area (Å²) in [5.74, 6) is -0.771. The molecule has 1 saturated heterocycles. The molecule has 5 rings (SSSR count). The Hall–Kier alpha value is -3.90. The molecular weight excluding hydrogens is 457 g/mol. The van der Waals surface area contributed by atoms with E-state index in [-0.39, 0.29) is 30.0 Å². The molecule has 2 aliphatic heterocycles. The standard InChI is InChI=1S/C21H19F3N6O4/c1-11(31)13-8-15-16(34-10-33-15)9-14(13)25-19(32)12-4-6-29(7-5-12)18-3-2-17-26-27-20(21(22,23)24)30(17)28-18/h2-3,8-9,12H,4-7,10H2,1H3,(H,25,32). The van der Waals surface area contributed by atoms with Crippen molar-refractivity contribution in [3.63, 3.8) is 0 Å². The summed E-state index contributed by atoms with van der Waals surface area (Å²) >= 11 is 0. The van der Waals surface area contributed by atoms with Gasteiger partial charge in [0.2, 0.25) is 12.7 Å². The lowest BCUT2D eigenvalue weighted by Crippen LogP contribution is -2.39. The van der Waals surface area contributed by atoms with Crippen molar-refractivity contribution in [3.8, 4) is 11.5 Å². The number of carbonyl (C=O) groups excluding carboxylic acids is 2. The number of ether oxygens (including phenoxy) is 2. The van der Waals surface area contributed by atoms with Crippen molar-refractivity contribution in [1.82, 2.24) is 19.8 Å². The number of amides is 1. The molecule has 1 N–H and O–H groups in total. The topological polar surface area (TPSA) is 111 Å². The van der Waals surface area contributed by atoms with E-state index in [0.717, 1.165) is 0 Å². The third-order valence-corrected chi connectivity index (χ3v) is 5.84. The highest BCUT2D eigenvalue weighted by atomic mass is 19.4. The number of hydrogen-bond donors (Lipinski definition) is 1. The van der Waals surface area contributed by atoms with Gasteiger partial charge in [-0.3, -0.25) is 9.59 Å². The molecule has 0 radical (unpaired) electrons. The molecule has 0 spiro atoms. The van der Waals surface area contributed by atoms with Gasteiger partial charge in [-0.05, 0) is 38.0 Å². The molecule has 178 valence electrons. The van der Waals surface area contributed by atoms with Crippen LogP contribution in [0.5, 0.6) is 11.5 Å².